The SMILES string of the molecule is CC(C)c1ccc(NC(=O)CN2CCN(CCCCOc3ccc(Cl)cc3)CC2)cc1. The number of hydrogen-bond donors (Lipinski definition) is 1. The Bertz CT molecular complexity index is 801. The Labute approximate surface area is 191 Å². The topological polar surface area (TPSA) is 44.8 Å². The van der Waals surface area contributed by atoms with Gasteiger partial charge in [0, 0.05) is 36.9 Å². The Morgan fingerprint density at radius 3 is 2.26 bits per heavy atom. The number of nitrogens with one attached hydrogen (secondary N) is 1. The van der Waals surface area contributed by atoms with Gasteiger partial charge in [-0.25, -0.2) is 0 Å². The number of piperazine rings is 1. The number of hydrogen-bond acceptors (Lipinski definition) is 4. The Kier molecular flexibility index (Phi) is 9.19. The first-order valence-corrected chi connectivity index (χ1v) is 11.6. The van der Waals surface area contributed by atoms with E-state index in [0.717, 1.165) is 68.6 Å². The van der Waals surface area contributed by atoms with Crippen molar-refractivity contribution in [3.63, 3.8) is 0 Å². The summed E-state index contributed by atoms with van der Waals surface area (Å²) in [4.78, 5) is 17.1. The van der Waals surface area contributed by atoms with Crippen molar-refractivity contribution in [1.82, 2.24) is 9.80 Å². The fourth-order valence-electron chi connectivity index (χ4n) is 3.68. The number of unbranched alkanes of at least 4 members (excludes halogenated alkanes) is 1. The molecule has 1 fully saturated rings. The molecule has 1 heterocycles. The molecule has 31 heavy (non-hydrogen) atoms. The van der Waals surface area contributed by atoms with Crippen molar-refractivity contribution in [3.05, 3.63) is 59.1 Å². The van der Waals surface area contributed by atoms with Crippen molar-refractivity contribution in [2.45, 2.75) is 32.6 Å². The molecule has 2 aromatic rings. The molecule has 0 atom stereocenters. The van der Waals surface area contributed by atoms with Crippen LogP contribution in [0.25, 0.3) is 0 Å². The number of amides is 1. The van der Waals surface area contributed by atoms with E-state index in [1.54, 1.807) is 0 Å². The smallest absolute Gasteiger partial charge is 0.238 e. The van der Waals surface area contributed by atoms with E-state index in [1.165, 1.54) is 5.56 Å². The molecule has 0 unspecified atom stereocenters. The minimum absolute atomic E-state index is 0.0603. The van der Waals surface area contributed by atoms with Crippen LogP contribution >= 0.6 is 11.6 Å². The summed E-state index contributed by atoms with van der Waals surface area (Å²) in [5.74, 6) is 1.43. The molecule has 2 aromatic carbocycles. The maximum absolute atomic E-state index is 12.4. The second kappa shape index (κ2) is 12.1. The Morgan fingerprint density at radius 2 is 1.61 bits per heavy atom. The van der Waals surface area contributed by atoms with Crippen molar-refractivity contribution in [3.8, 4) is 5.75 Å². The number of carbonyl (C=O) groups excluding carboxylic acids is 1. The second-order valence-electron chi connectivity index (χ2n) is 8.45. The summed E-state index contributed by atoms with van der Waals surface area (Å²) in [6.45, 7) is 10.5. The third-order valence-electron chi connectivity index (χ3n) is 5.64. The van der Waals surface area contributed by atoms with E-state index in [-0.39, 0.29) is 5.91 Å². The number of benzene rings is 2. The first-order valence-electron chi connectivity index (χ1n) is 11.2. The van der Waals surface area contributed by atoms with E-state index in [0.29, 0.717) is 12.5 Å². The lowest BCUT2D eigenvalue weighted by Crippen LogP contribution is -2.48. The maximum atomic E-state index is 12.4. The van der Waals surface area contributed by atoms with Crippen molar-refractivity contribution < 1.29 is 9.53 Å². The molecular formula is C25H34ClN3O2. The van der Waals surface area contributed by atoms with Gasteiger partial charge in [0.2, 0.25) is 5.91 Å². The standard InChI is InChI=1S/C25H34ClN3O2/c1-20(2)21-5-9-23(10-6-21)27-25(30)19-29-16-14-28(15-17-29)13-3-4-18-31-24-11-7-22(26)8-12-24/h5-12,20H,3-4,13-19H2,1-2H3,(H,27,30). The Morgan fingerprint density at radius 1 is 0.968 bits per heavy atom. The third-order valence-corrected chi connectivity index (χ3v) is 5.90. The van der Waals surface area contributed by atoms with E-state index < -0.39 is 0 Å². The summed E-state index contributed by atoms with van der Waals surface area (Å²) >= 11 is 5.88. The Hall–Kier alpha value is -2.08. The van der Waals surface area contributed by atoms with Gasteiger partial charge in [0.1, 0.15) is 5.75 Å². The van der Waals surface area contributed by atoms with Gasteiger partial charge < -0.3 is 15.0 Å². The lowest BCUT2D eigenvalue weighted by atomic mass is 10.0. The molecule has 1 saturated heterocycles. The van der Waals surface area contributed by atoms with E-state index in [2.05, 4.69) is 41.1 Å². The molecule has 3 rings (SSSR count). The number of halogens is 1. The predicted molar refractivity (Wildman–Crippen MR) is 128 cm³/mol. The van der Waals surface area contributed by atoms with Crippen LogP contribution in [0.3, 0.4) is 0 Å². The summed E-state index contributed by atoms with van der Waals surface area (Å²) in [5.41, 5.74) is 2.15. The van der Waals surface area contributed by atoms with Crippen LogP contribution in [0.2, 0.25) is 5.02 Å². The van der Waals surface area contributed by atoms with Gasteiger partial charge in [-0.15, -0.1) is 0 Å². The van der Waals surface area contributed by atoms with Crippen LogP contribution in [0.15, 0.2) is 48.5 Å². The van der Waals surface area contributed by atoms with Crippen molar-refractivity contribution >= 4 is 23.2 Å². The molecule has 1 aliphatic heterocycles. The van der Waals surface area contributed by atoms with Crippen LogP contribution in [0.5, 0.6) is 5.75 Å². The lowest BCUT2D eigenvalue weighted by molar-refractivity contribution is -0.117. The van der Waals surface area contributed by atoms with Crippen LogP contribution < -0.4 is 10.1 Å². The van der Waals surface area contributed by atoms with Gasteiger partial charge >= 0.3 is 0 Å². The van der Waals surface area contributed by atoms with E-state index >= 15 is 0 Å². The fraction of sp³-hybridized carbons (Fsp3) is 0.480. The zero-order valence-corrected chi connectivity index (χ0v) is 19.4. The molecule has 1 amide bonds. The molecule has 0 bridgehead atoms. The van der Waals surface area contributed by atoms with Gasteiger partial charge in [0.05, 0.1) is 13.2 Å². The zero-order valence-electron chi connectivity index (χ0n) is 18.6. The average Bonchev–Trinajstić information content (AvgIpc) is 2.76. The van der Waals surface area contributed by atoms with Gasteiger partial charge in [0.25, 0.3) is 0 Å². The van der Waals surface area contributed by atoms with Crippen molar-refractivity contribution in [2.24, 2.45) is 0 Å². The van der Waals surface area contributed by atoms with Gasteiger partial charge in [-0.1, -0.05) is 37.6 Å². The molecule has 168 valence electrons. The molecular weight excluding hydrogens is 410 g/mol. The first-order chi connectivity index (χ1) is 15.0. The van der Waals surface area contributed by atoms with Gasteiger partial charge in [-0.3, -0.25) is 9.69 Å². The maximum Gasteiger partial charge on any atom is 0.238 e. The summed E-state index contributed by atoms with van der Waals surface area (Å²) < 4.78 is 5.75. The third kappa shape index (κ3) is 8.17. The van der Waals surface area contributed by atoms with Crippen LogP contribution in [0.1, 0.15) is 38.2 Å². The highest BCUT2D eigenvalue weighted by Gasteiger charge is 2.18. The van der Waals surface area contributed by atoms with Crippen LogP contribution in [-0.2, 0) is 4.79 Å². The molecule has 1 N–H and O–H groups in total. The minimum Gasteiger partial charge on any atom is -0.494 e. The minimum atomic E-state index is 0.0603. The Balaban J connectivity index is 1.27. The van der Waals surface area contributed by atoms with Gasteiger partial charge in [-0.05, 0) is 67.3 Å². The highest BCUT2D eigenvalue weighted by Crippen LogP contribution is 2.17. The monoisotopic (exact) mass is 443 g/mol. The average molecular weight is 444 g/mol. The summed E-state index contributed by atoms with van der Waals surface area (Å²) in [5, 5.41) is 3.74. The molecule has 1 aliphatic rings. The number of carbonyl (C=O) groups is 1. The number of nitrogens with zero attached hydrogens (tertiary/aromatic N) is 2. The molecule has 0 saturated carbocycles. The van der Waals surface area contributed by atoms with Gasteiger partial charge in [0.15, 0.2) is 0 Å². The van der Waals surface area contributed by atoms with E-state index in [1.807, 2.05) is 36.4 Å². The highest BCUT2D eigenvalue weighted by atomic mass is 35.5. The predicted octanol–water partition coefficient (Wildman–Crippen LogP) is 4.88. The molecule has 6 heteroatoms. The molecule has 0 aliphatic carbocycles. The normalized spacial score (nSPS) is 15.2. The largest absolute Gasteiger partial charge is 0.494 e. The van der Waals surface area contributed by atoms with Crippen LogP contribution in [-0.4, -0.2) is 61.6 Å². The zero-order chi connectivity index (χ0) is 22.1. The van der Waals surface area contributed by atoms with Crippen LogP contribution in [0.4, 0.5) is 5.69 Å². The first kappa shape index (κ1) is 23.6. The number of anilines is 1. The number of ether oxygens (including phenoxy) is 1. The summed E-state index contributed by atoms with van der Waals surface area (Å²) in [6, 6.07) is 15.6. The summed E-state index contributed by atoms with van der Waals surface area (Å²) in [7, 11) is 0. The lowest BCUT2D eigenvalue weighted by Gasteiger charge is -2.34. The van der Waals surface area contributed by atoms with Gasteiger partial charge in [-0.2, -0.15) is 0 Å². The number of rotatable bonds is 10. The van der Waals surface area contributed by atoms with E-state index in [9.17, 15) is 4.79 Å². The fourth-order valence-corrected chi connectivity index (χ4v) is 3.81. The molecule has 0 radical (unpaired) electrons. The van der Waals surface area contributed by atoms with Crippen molar-refractivity contribution in [2.75, 3.05) is 51.2 Å². The molecule has 5 nitrogen and oxygen atoms in total. The summed E-state index contributed by atoms with van der Waals surface area (Å²) in [6.07, 6.45) is 2.14. The molecule has 0 aromatic heterocycles. The quantitative estimate of drug-likeness (QED) is 0.531. The second-order valence-corrected chi connectivity index (χ2v) is 8.89. The molecule has 0 spiro atoms. The van der Waals surface area contributed by atoms with E-state index in [4.69, 9.17) is 16.3 Å². The highest BCUT2D eigenvalue weighted by molar-refractivity contribution is 6.30. The van der Waals surface area contributed by atoms with Crippen molar-refractivity contribution in [1.29, 1.82) is 0 Å². The van der Waals surface area contributed by atoms with Crippen LogP contribution in [0, 0.1) is 0 Å².